The quantitative estimate of drug-likeness (QED) is 0.178. The van der Waals surface area contributed by atoms with Crippen LogP contribution in [0.1, 0.15) is 96.8 Å². The van der Waals surface area contributed by atoms with Crippen LogP contribution in [0.2, 0.25) is 0 Å². The van der Waals surface area contributed by atoms with Crippen molar-refractivity contribution in [2.45, 2.75) is 96.8 Å². The van der Waals surface area contributed by atoms with Gasteiger partial charge >= 0.3 is 11.9 Å². The highest BCUT2D eigenvalue weighted by molar-refractivity contribution is 5.94. The van der Waals surface area contributed by atoms with E-state index in [2.05, 4.69) is 23.8 Å². The second-order valence-corrected chi connectivity index (χ2v) is 6.71. The number of carbonyl (C=O) groups is 2. The zero-order valence-electron chi connectivity index (χ0n) is 14.9. The smallest absolute Gasteiger partial charge is 0.317 e. The average molecular weight is 322 g/mol. The molecule has 23 heavy (non-hydrogen) atoms. The maximum atomic E-state index is 11.3. The lowest BCUT2D eigenvalue weighted by molar-refractivity contribution is -0.153. The molecule has 0 radical (unpaired) electrons. The summed E-state index contributed by atoms with van der Waals surface area (Å²) in [6.45, 7) is 2.23. The summed E-state index contributed by atoms with van der Waals surface area (Å²) in [5.41, 5.74) is 0. The van der Waals surface area contributed by atoms with Gasteiger partial charge in [-0.1, -0.05) is 76.9 Å². The SMILES string of the molecule is CCCCC=CCCCCCCCCCCC1CC(=O)OC1=O. The molecule has 0 aliphatic carbocycles. The summed E-state index contributed by atoms with van der Waals surface area (Å²) in [6, 6.07) is 0. The van der Waals surface area contributed by atoms with Crippen LogP contribution in [-0.2, 0) is 14.3 Å². The van der Waals surface area contributed by atoms with Crippen LogP contribution in [-0.4, -0.2) is 11.9 Å². The minimum atomic E-state index is -0.347. The monoisotopic (exact) mass is 322 g/mol. The molecule has 132 valence electrons. The molecule has 1 atom stereocenters. The lowest BCUT2D eigenvalue weighted by atomic mass is 9.99. The van der Waals surface area contributed by atoms with Gasteiger partial charge in [-0.25, -0.2) is 0 Å². The van der Waals surface area contributed by atoms with Crippen LogP contribution in [0.5, 0.6) is 0 Å². The highest BCUT2D eigenvalue weighted by atomic mass is 16.6. The summed E-state index contributed by atoms with van der Waals surface area (Å²) in [5, 5.41) is 0. The Hall–Kier alpha value is -1.12. The summed E-state index contributed by atoms with van der Waals surface area (Å²) < 4.78 is 4.56. The first-order valence-corrected chi connectivity index (χ1v) is 9.63. The first kappa shape index (κ1) is 19.9. The Morgan fingerprint density at radius 2 is 1.43 bits per heavy atom. The van der Waals surface area contributed by atoms with Gasteiger partial charge in [-0.15, -0.1) is 0 Å². The molecule has 0 amide bonds. The minimum absolute atomic E-state index is 0.159. The van der Waals surface area contributed by atoms with Gasteiger partial charge in [0.2, 0.25) is 0 Å². The topological polar surface area (TPSA) is 43.4 Å². The molecule has 0 N–H and O–H groups in total. The Morgan fingerprint density at radius 3 is 2.00 bits per heavy atom. The summed E-state index contributed by atoms with van der Waals surface area (Å²) >= 11 is 0. The fourth-order valence-electron chi connectivity index (χ4n) is 3.01. The van der Waals surface area contributed by atoms with E-state index >= 15 is 0 Å². The van der Waals surface area contributed by atoms with Crippen LogP contribution in [0, 0.1) is 5.92 Å². The largest absolute Gasteiger partial charge is 0.393 e. The van der Waals surface area contributed by atoms with Crippen molar-refractivity contribution in [1.82, 2.24) is 0 Å². The molecule has 1 heterocycles. The zero-order valence-corrected chi connectivity index (χ0v) is 14.9. The second-order valence-electron chi connectivity index (χ2n) is 6.71. The van der Waals surface area contributed by atoms with Crippen molar-refractivity contribution in [2.24, 2.45) is 5.92 Å². The third kappa shape index (κ3) is 10.3. The van der Waals surface area contributed by atoms with Gasteiger partial charge in [0.15, 0.2) is 0 Å². The van der Waals surface area contributed by atoms with Gasteiger partial charge in [-0.05, 0) is 25.7 Å². The lowest BCUT2D eigenvalue weighted by Gasteiger charge is -2.04. The number of rotatable bonds is 14. The van der Waals surface area contributed by atoms with E-state index in [1.54, 1.807) is 0 Å². The van der Waals surface area contributed by atoms with Crippen molar-refractivity contribution < 1.29 is 14.3 Å². The molecule has 1 aliphatic rings. The molecular weight excluding hydrogens is 288 g/mol. The predicted octanol–water partition coefficient (Wildman–Crippen LogP) is 5.72. The molecule has 0 aromatic rings. The van der Waals surface area contributed by atoms with Crippen molar-refractivity contribution in [3.05, 3.63) is 12.2 Å². The van der Waals surface area contributed by atoms with Crippen molar-refractivity contribution in [2.75, 3.05) is 0 Å². The number of unbranched alkanes of at least 4 members (excludes halogenated alkanes) is 10. The highest BCUT2D eigenvalue weighted by Crippen LogP contribution is 2.22. The number of ether oxygens (including phenoxy) is 1. The fourth-order valence-corrected chi connectivity index (χ4v) is 3.01. The van der Waals surface area contributed by atoms with Gasteiger partial charge in [-0.3, -0.25) is 9.59 Å². The number of carbonyl (C=O) groups excluding carboxylic acids is 2. The van der Waals surface area contributed by atoms with E-state index in [-0.39, 0.29) is 17.9 Å². The standard InChI is InChI=1S/C20H34O3/c1-2-3-4-5-6-7-8-9-10-11-12-13-14-15-16-18-17-19(21)23-20(18)22/h5-6,18H,2-4,7-17H2,1H3. The number of cyclic esters (lactones) is 2. The van der Waals surface area contributed by atoms with Gasteiger partial charge in [0, 0.05) is 0 Å². The van der Waals surface area contributed by atoms with E-state index in [0.29, 0.717) is 6.42 Å². The van der Waals surface area contributed by atoms with Crippen molar-refractivity contribution in [3.63, 3.8) is 0 Å². The van der Waals surface area contributed by atoms with E-state index in [1.165, 1.54) is 64.2 Å². The zero-order chi connectivity index (χ0) is 16.8. The number of hydrogen-bond donors (Lipinski definition) is 0. The van der Waals surface area contributed by atoms with Gasteiger partial charge in [0.25, 0.3) is 0 Å². The van der Waals surface area contributed by atoms with Gasteiger partial charge in [-0.2, -0.15) is 0 Å². The second kappa shape index (κ2) is 13.3. The molecule has 0 bridgehead atoms. The van der Waals surface area contributed by atoms with Gasteiger partial charge < -0.3 is 4.74 Å². The first-order chi connectivity index (χ1) is 11.2. The third-order valence-corrected chi connectivity index (χ3v) is 4.53. The molecule has 0 aromatic heterocycles. The Labute approximate surface area is 141 Å². The van der Waals surface area contributed by atoms with E-state index in [1.807, 2.05) is 0 Å². The normalized spacial score (nSPS) is 18.0. The molecule has 1 saturated heterocycles. The van der Waals surface area contributed by atoms with E-state index < -0.39 is 0 Å². The van der Waals surface area contributed by atoms with Crippen LogP contribution < -0.4 is 0 Å². The Kier molecular flexibility index (Phi) is 11.5. The van der Waals surface area contributed by atoms with Gasteiger partial charge in [0.1, 0.15) is 0 Å². The summed E-state index contributed by atoms with van der Waals surface area (Å²) in [5.74, 6) is -0.813. The molecule has 3 heteroatoms. The van der Waals surface area contributed by atoms with E-state index in [0.717, 1.165) is 19.3 Å². The van der Waals surface area contributed by atoms with Gasteiger partial charge in [0.05, 0.1) is 12.3 Å². The Morgan fingerprint density at radius 1 is 0.870 bits per heavy atom. The summed E-state index contributed by atoms with van der Waals surface area (Å²) in [6.07, 6.45) is 20.9. The van der Waals surface area contributed by atoms with Crippen molar-refractivity contribution >= 4 is 11.9 Å². The maximum absolute atomic E-state index is 11.3. The molecule has 0 spiro atoms. The Balaban J connectivity index is 1.79. The third-order valence-electron chi connectivity index (χ3n) is 4.53. The Bertz CT molecular complexity index is 360. The maximum Gasteiger partial charge on any atom is 0.317 e. The molecule has 1 rings (SSSR count). The van der Waals surface area contributed by atoms with Crippen LogP contribution in [0.3, 0.4) is 0 Å². The molecule has 1 aliphatic heterocycles. The highest BCUT2D eigenvalue weighted by Gasteiger charge is 2.32. The van der Waals surface area contributed by atoms with Crippen LogP contribution in [0.4, 0.5) is 0 Å². The minimum Gasteiger partial charge on any atom is -0.393 e. The molecule has 1 fully saturated rings. The van der Waals surface area contributed by atoms with E-state index in [9.17, 15) is 9.59 Å². The first-order valence-electron chi connectivity index (χ1n) is 9.63. The van der Waals surface area contributed by atoms with Crippen LogP contribution in [0.25, 0.3) is 0 Å². The molecular formula is C20H34O3. The fraction of sp³-hybridized carbons (Fsp3) is 0.800. The number of esters is 2. The predicted molar refractivity (Wildman–Crippen MR) is 94.0 cm³/mol. The van der Waals surface area contributed by atoms with E-state index in [4.69, 9.17) is 0 Å². The average Bonchev–Trinajstić information content (AvgIpc) is 2.85. The summed E-state index contributed by atoms with van der Waals surface area (Å²) in [4.78, 5) is 22.3. The lowest BCUT2D eigenvalue weighted by Crippen LogP contribution is -2.06. The molecule has 0 aromatic carbocycles. The van der Waals surface area contributed by atoms with Crippen molar-refractivity contribution in [1.29, 1.82) is 0 Å². The number of allylic oxidation sites excluding steroid dienone is 2. The molecule has 1 unspecified atom stereocenters. The van der Waals surface area contributed by atoms with Crippen LogP contribution >= 0.6 is 0 Å². The summed E-state index contributed by atoms with van der Waals surface area (Å²) in [7, 11) is 0. The van der Waals surface area contributed by atoms with Crippen molar-refractivity contribution in [3.8, 4) is 0 Å². The molecule has 3 nitrogen and oxygen atoms in total. The molecule has 0 saturated carbocycles. The van der Waals surface area contributed by atoms with Crippen LogP contribution in [0.15, 0.2) is 12.2 Å². The number of hydrogen-bond acceptors (Lipinski definition) is 3.